The van der Waals surface area contributed by atoms with Crippen LogP contribution in [0.5, 0.6) is 0 Å². The minimum absolute atomic E-state index is 0.122. The molecule has 0 radical (unpaired) electrons. The summed E-state index contributed by atoms with van der Waals surface area (Å²) in [6, 6.07) is 18.9. The quantitative estimate of drug-likeness (QED) is 0.317. The highest BCUT2D eigenvalue weighted by molar-refractivity contribution is 6.04. The smallest absolute Gasteiger partial charge is 0.288 e. The first kappa shape index (κ1) is 25.6. The summed E-state index contributed by atoms with van der Waals surface area (Å²) >= 11 is 0. The maximum Gasteiger partial charge on any atom is 0.288 e. The molecule has 0 unspecified atom stereocenters. The monoisotopic (exact) mass is 546 g/mol. The van der Waals surface area contributed by atoms with E-state index in [2.05, 4.69) is 25.4 Å². The number of fused-ring (bicyclic) bond motifs is 1. The van der Waals surface area contributed by atoms with Crippen LogP contribution in [0.3, 0.4) is 0 Å². The van der Waals surface area contributed by atoms with Gasteiger partial charge in [-0.2, -0.15) is 14.6 Å². The molecular weight excluding hydrogens is 523 g/mol. The van der Waals surface area contributed by atoms with Gasteiger partial charge in [-0.1, -0.05) is 24.3 Å². The number of nitrogen functional groups attached to an aromatic ring is 1. The van der Waals surface area contributed by atoms with E-state index < -0.39 is 11.5 Å². The van der Waals surface area contributed by atoms with E-state index in [1.165, 1.54) is 24.7 Å². The largest absolute Gasteiger partial charge is 0.383 e. The summed E-state index contributed by atoms with van der Waals surface area (Å²) in [5.41, 5.74) is 11.0. The van der Waals surface area contributed by atoms with E-state index in [1.54, 1.807) is 41.2 Å². The van der Waals surface area contributed by atoms with Crippen molar-refractivity contribution < 1.29 is 9.18 Å². The highest BCUT2D eigenvalue weighted by Gasteiger charge is 2.18. The van der Waals surface area contributed by atoms with Crippen molar-refractivity contribution in [1.29, 1.82) is 0 Å². The number of hydrogen-bond donors (Lipinski definition) is 2. The zero-order valence-electron chi connectivity index (χ0n) is 21.8. The number of amides is 1. The Kier molecular flexibility index (Phi) is 6.52. The third kappa shape index (κ3) is 5.15. The molecule has 0 bridgehead atoms. The molecule has 202 valence electrons. The number of nitrogens with one attached hydrogen (secondary N) is 1. The molecule has 0 aliphatic carbocycles. The van der Waals surface area contributed by atoms with Crippen molar-refractivity contribution >= 4 is 23.2 Å². The molecule has 41 heavy (non-hydrogen) atoms. The first-order valence-corrected chi connectivity index (χ1v) is 12.6. The van der Waals surface area contributed by atoms with E-state index in [4.69, 9.17) is 5.73 Å². The summed E-state index contributed by atoms with van der Waals surface area (Å²) in [6.45, 7) is 2.18. The lowest BCUT2D eigenvalue weighted by atomic mass is 10.0. The van der Waals surface area contributed by atoms with E-state index in [0.29, 0.717) is 11.5 Å². The van der Waals surface area contributed by atoms with Crippen LogP contribution in [0.2, 0.25) is 0 Å². The predicted octanol–water partition coefficient (Wildman–Crippen LogP) is 4.35. The van der Waals surface area contributed by atoms with Gasteiger partial charge in [-0.3, -0.25) is 14.6 Å². The molecule has 4 aromatic heterocycles. The average molecular weight is 547 g/mol. The molecule has 6 aromatic rings. The third-order valence-electron chi connectivity index (χ3n) is 6.61. The second-order valence-electron chi connectivity index (χ2n) is 9.45. The average Bonchev–Trinajstić information content (AvgIpc) is 3.47. The molecule has 6 rings (SSSR count). The molecular formula is C30H23FN8O2. The van der Waals surface area contributed by atoms with Gasteiger partial charge in [0.05, 0.1) is 6.54 Å². The van der Waals surface area contributed by atoms with Crippen LogP contribution in [0.15, 0.2) is 96.4 Å². The number of halogens is 1. The molecule has 0 aliphatic heterocycles. The van der Waals surface area contributed by atoms with Crippen LogP contribution in [0, 0.1) is 12.7 Å². The summed E-state index contributed by atoms with van der Waals surface area (Å²) in [7, 11) is 0. The molecule has 0 saturated carbocycles. The Labute approximate surface area is 233 Å². The zero-order chi connectivity index (χ0) is 28.5. The Hall–Kier alpha value is -5.71. The topological polar surface area (TPSA) is 133 Å². The van der Waals surface area contributed by atoms with E-state index in [1.807, 2.05) is 37.3 Å². The number of carbonyl (C=O) groups is 1. The number of pyridine rings is 2. The van der Waals surface area contributed by atoms with Crippen molar-refractivity contribution in [3.63, 3.8) is 0 Å². The normalized spacial score (nSPS) is 11.1. The summed E-state index contributed by atoms with van der Waals surface area (Å²) < 4.78 is 16.0. The highest BCUT2D eigenvalue weighted by Crippen LogP contribution is 2.30. The predicted molar refractivity (Wildman–Crippen MR) is 153 cm³/mol. The van der Waals surface area contributed by atoms with Gasteiger partial charge in [-0.15, -0.1) is 0 Å². The molecule has 10 nitrogen and oxygen atoms in total. The number of nitrogens with zero attached hydrogens (tertiary/aromatic N) is 6. The standard InChI is InChI=1S/C30H23FN8O2/c1-18-12-21(10-11-33-18)22-13-25(27(32)34-14-22)20-4-8-24(9-5-20)37-28(40)26-16-38(15-19-2-6-23(31)7-3-19)30-35-17-36-39(30)29(26)41/h2-14,16-17H,15H2,1H3,(H2,32,34)(H,37,40). The number of aromatic nitrogens is 6. The Morgan fingerprint density at radius 1 is 0.951 bits per heavy atom. The molecule has 0 atom stereocenters. The van der Waals surface area contributed by atoms with Gasteiger partial charge < -0.3 is 15.6 Å². The van der Waals surface area contributed by atoms with Gasteiger partial charge in [0, 0.05) is 41.1 Å². The molecule has 3 N–H and O–H groups in total. The second-order valence-corrected chi connectivity index (χ2v) is 9.45. The van der Waals surface area contributed by atoms with Crippen LogP contribution in [-0.2, 0) is 6.54 Å². The van der Waals surface area contributed by atoms with Crippen molar-refractivity contribution in [1.82, 2.24) is 29.1 Å². The number of nitrogens with two attached hydrogens (primary N) is 1. The molecule has 4 heterocycles. The molecule has 11 heteroatoms. The van der Waals surface area contributed by atoms with Crippen molar-refractivity contribution in [3.8, 4) is 22.3 Å². The minimum Gasteiger partial charge on any atom is -0.383 e. The van der Waals surface area contributed by atoms with Crippen LogP contribution in [0.4, 0.5) is 15.9 Å². The first-order chi connectivity index (χ1) is 19.9. The van der Waals surface area contributed by atoms with E-state index >= 15 is 0 Å². The molecule has 0 aliphatic rings. The lowest BCUT2D eigenvalue weighted by Crippen LogP contribution is -2.29. The van der Waals surface area contributed by atoms with Gasteiger partial charge in [0.1, 0.15) is 23.5 Å². The van der Waals surface area contributed by atoms with Crippen LogP contribution in [-0.4, -0.2) is 35.0 Å². The number of aryl methyl sites for hydroxylation is 1. The van der Waals surface area contributed by atoms with Crippen molar-refractivity contribution in [2.24, 2.45) is 0 Å². The number of hydrogen-bond acceptors (Lipinski definition) is 7. The summed E-state index contributed by atoms with van der Waals surface area (Å²) in [5, 5.41) is 6.76. The Bertz CT molecular complexity index is 1960. The first-order valence-electron chi connectivity index (χ1n) is 12.6. The molecule has 0 spiro atoms. The SMILES string of the molecule is Cc1cc(-c2cnc(N)c(-c3ccc(NC(=O)c4cn(Cc5ccc(F)cc5)c5ncnn5c4=O)cc3)c2)ccn1. The van der Waals surface area contributed by atoms with Crippen LogP contribution in [0.25, 0.3) is 28.0 Å². The number of rotatable bonds is 6. The van der Waals surface area contributed by atoms with Crippen molar-refractivity contribution in [3.05, 3.63) is 125 Å². The van der Waals surface area contributed by atoms with Crippen molar-refractivity contribution in [2.75, 3.05) is 11.1 Å². The third-order valence-corrected chi connectivity index (χ3v) is 6.61. The molecule has 0 fully saturated rings. The summed E-state index contributed by atoms with van der Waals surface area (Å²) in [6.07, 6.45) is 6.13. The van der Waals surface area contributed by atoms with E-state index in [-0.39, 0.29) is 23.7 Å². The van der Waals surface area contributed by atoms with Gasteiger partial charge in [0.25, 0.3) is 11.5 Å². The fourth-order valence-corrected chi connectivity index (χ4v) is 4.54. The Balaban J connectivity index is 1.26. The molecule has 1 amide bonds. The van der Waals surface area contributed by atoms with Crippen LogP contribution >= 0.6 is 0 Å². The maximum atomic E-state index is 13.4. The minimum atomic E-state index is -0.607. The molecule has 0 saturated heterocycles. The lowest BCUT2D eigenvalue weighted by Gasteiger charge is -2.12. The number of anilines is 2. The summed E-state index contributed by atoms with van der Waals surface area (Å²) in [5.74, 6) is -0.332. The van der Waals surface area contributed by atoms with Crippen LogP contribution < -0.4 is 16.6 Å². The van der Waals surface area contributed by atoms with Gasteiger partial charge in [0.2, 0.25) is 5.78 Å². The zero-order valence-corrected chi connectivity index (χ0v) is 21.8. The van der Waals surface area contributed by atoms with Gasteiger partial charge in [0.15, 0.2) is 0 Å². The summed E-state index contributed by atoms with van der Waals surface area (Å²) in [4.78, 5) is 39.0. The van der Waals surface area contributed by atoms with E-state index in [9.17, 15) is 14.0 Å². The lowest BCUT2D eigenvalue weighted by molar-refractivity contribution is 0.102. The fraction of sp³-hybridized carbons (Fsp3) is 0.0667. The van der Waals surface area contributed by atoms with Gasteiger partial charge in [-0.25, -0.2) is 9.37 Å². The maximum absolute atomic E-state index is 13.4. The Morgan fingerprint density at radius 3 is 2.49 bits per heavy atom. The van der Waals surface area contributed by atoms with E-state index in [0.717, 1.165) is 38.0 Å². The number of benzene rings is 2. The van der Waals surface area contributed by atoms with Gasteiger partial charge in [-0.05, 0) is 66.1 Å². The van der Waals surface area contributed by atoms with Crippen molar-refractivity contribution in [2.45, 2.75) is 13.5 Å². The Morgan fingerprint density at radius 2 is 1.73 bits per heavy atom. The second kappa shape index (κ2) is 10.5. The fourth-order valence-electron chi connectivity index (χ4n) is 4.54. The van der Waals surface area contributed by atoms with Crippen LogP contribution in [0.1, 0.15) is 21.6 Å². The number of carbonyl (C=O) groups excluding carboxylic acids is 1. The van der Waals surface area contributed by atoms with Gasteiger partial charge >= 0.3 is 0 Å². The molecule has 2 aromatic carbocycles. The highest BCUT2D eigenvalue weighted by atomic mass is 19.1.